The summed E-state index contributed by atoms with van der Waals surface area (Å²) in [5, 5.41) is 1.90. The van der Waals surface area contributed by atoms with Gasteiger partial charge in [0.15, 0.2) is 0 Å². The van der Waals surface area contributed by atoms with E-state index >= 15 is 0 Å². The predicted molar refractivity (Wildman–Crippen MR) is 102 cm³/mol. The van der Waals surface area contributed by atoms with Gasteiger partial charge >= 0.3 is 171 Å². The Morgan fingerprint density at radius 1 is 1.00 bits per heavy atom. The van der Waals surface area contributed by atoms with Gasteiger partial charge < -0.3 is 0 Å². The zero-order valence-corrected chi connectivity index (χ0v) is 18.4. The Labute approximate surface area is 170 Å². The Morgan fingerprint density at radius 2 is 1.71 bits per heavy atom. The molecule has 2 aromatic rings. The Bertz CT molecular complexity index is 1140. The molecule has 4 heterocycles. The van der Waals surface area contributed by atoms with Crippen LogP contribution in [0.15, 0.2) is 60.1 Å². The van der Waals surface area contributed by atoms with Gasteiger partial charge in [0.1, 0.15) is 0 Å². The van der Waals surface area contributed by atoms with E-state index in [1.54, 1.807) is 6.07 Å². The van der Waals surface area contributed by atoms with Crippen LogP contribution in [0.25, 0.3) is 5.57 Å². The fraction of sp³-hybridized carbons (Fsp3) is 0.100. The van der Waals surface area contributed by atoms with E-state index in [1.807, 2.05) is 24.3 Å². The molecule has 1 N–H and O–H groups in total. The average Bonchev–Trinajstić information content (AvgIpc) is 3.25. The van der Waals surface area contributed by atoms with Crippen LogP contribution in [0.1, 0.15) is 16.7 Å². The van der Waals surface area contributed by atoms with Gasteiger partial charge in [0, 0.05) is 0 Å². The van der Waals surface area contributed by atoms with Gasteiger partial charge in [0.25, 0.3) is 0 Å². The van der Waals surface area contributed by atoms with E-state index in [4.69, 9.17) is 0 Å². The molecule has 1 saturated heterocycles. The standard InChI is InChI=1S/C20H11F3NO2S.In/c21-20(22,23)16-9-5-4-8-14(16)10-11-15(13-6-2-1-3-7-13)12-17-18(25)24-19(26)27-17;/h1-6,8-9H,10H2,(H,24,25,26);. The van der Waals surface area contributed by atoms with Crippen molar-refractivity contribution in [1.29, 1.82) is 0 Å². The van der Waals surface area contributed by atoms with Crippen LogP contribution < -0.4 is 8.64 Å². The number of benzene rings is 2. The van der Waals surface area contributed by atoms with E-state index < -0.39 is 38.4 Å². The van der Waals surface area contributed by atoms with Crippen molar-refractivity contribution in [2.24, 2.45) is 0 Å². The van der Waals surface area contributed by atoms with E-state index in [0.717, 1.165) is 35.6 Å². The predicted octanol–water partition coefficient (Wildman–Crippen LogP) is 3.75. The number of hydrogen-bond acceptors (Lipinski definition) is 3. The van der Waals surface area contributed by atoms with Crippen LogP contribution in [-0.2, 0) is 17.4 Å². The monoisotopic (exact) mass is 501 g/mol. The first-order valence-corrected chi connectivity index (χ1v) is 14.4. The topological polar surface area (TPSA) is 46.2 Å². The summed E-state index contributed by atoms with van der Waals surface area (Å²) in [7, 11) is 0. The van der Waals surface area contributed by atoms with E-state index in [2.05, 4.69) is 5.32 Å². The van der Waals surface area contributed by atoms with Crippen molar-refractivity contribution < 1.29 is 22.8 Å². The molecule has 0 spiro atoms. The fourth-order valence-electron chi connectivity index (χ4n) is 4.28. The Hall–Kier alpha value is -1.93. The summed E-state index contributed by atoms with van der Waals surface area (Å²) in [4.78, 5) is 24.3. The number of carbonyl (C=O) groups excluding carboxylic acids is 2. The third-order valence-corrected chi connectivity index (χ3v) is 16.7. The molecule has 4 aliphatic rings. The molecule has 0 saturated carbocycles. The Balaban J connectivity index is 1.63. The van der Waals surface area contributed by atoms with Crippen molar-refractivity contribution in [1.82, 2.24) is 5.32 Å². The fourth-order valence-corrected chi connectivity index (χ4v) is 16.8. The van der Waals surface area contributed by atoms with Crippen LogP contribution in [0.4, 0.5) is 18.0 Å². The molecule has 0 aliphatic carbocycles. The number of nitrogens with one attached hydrogen (secondary N) is 1. The van der Waals surface area contributed by atoms with Crippen molar-refractivity contribution in [2.75, 3.05) is 0 Å². The third-order valence-electron chi connectivity index (χ3n) is 5.33. The molecule has 0 radical (unpaired) electrons. The summed E-state index contributed by atoms with van der Waals surface area (Å²) in [5.41, 5.74) is 1.58. The summed E-state index contributed by atoms with van der Waals surface area (Å²) in [6.45, 7) is 0. The number of alkyl halides is 3. The van der Waals surface area contributed by atoms with Gasteiger partial charge in [-0.3, -0.25) is 0 Å². The van der Waals surface area contributed by atoms with Gasteiger partial charge in [0.05, 0.1) is 0 Å². The zero-order chi connectivity index (χ0) is 19.6. The minimum atomic E-state index is -4.40. The molecule has 6 rings (SSSR count). The van der Waals surface area contributed by atoms with Gasteiger partial charge in [-0.2, -0.15) is 0 Å². The summed E-state index contributed by atoms with van der Waals surface area (Å²) in [6, 6.07) is 13.5. The minimum absolute atomic E-state index is 0.247. The summed E-state index contributed by atoms with van der Waals surface area (Å²) < 4.78 is 43.5. The third kappa shape index (κ3) is 2.61. The van der Waals surface area contributed by atoms with Crippen LogP contribution in [0.2, 0.25) is 0 Å². The second kappa shape index (κ2) is 6.29. The van der Waals surface area contributed by atoms with E-state index in [-0.39, 0.29) is 17.9 Å². The first kappa shape index (κ1) is 18.1. The molecule has 2 aromatic carbocycles. The molecule has 138 valence electrons. The Morgan fingerprint density at radius 3 is 2.39 bits per heavy atom. The number of rotatable bonds is 2. The van der Waals surface area contributed by atoms with Crippen LogP contribution in [0, 0.1) is 0 Å². The van der Waals surface area contributed by atoms with Crippen LogP contribution in [0.3, 0.4) is 0 Å². The SMILES string of the molecule is O=C1NC(=O)/C(=[C]2\C3=[C](Cc4ccccc4C(F)(F)F)[In]2[c]2ccccc23)S1. The van der Waals surface area contributed by atoms with Crippen molar-refractivity contribution in [3.63, 3.8) is 0 Å². The van der Waals surface area contributed by atoms with Crippen molar-refractivity contribution in [3.05, 3.63) is 76.8 Å². The number of hydrogen-bond donors (Lipinski definition) is 1. The van der Waals surface area contributed by atoms with E-state index in [1.165, 1.54) is 15.5 Å². The molecule has 1 fully saturated rings. The first-order chi connectivity index (χ1) is 13.4. The number of amides is 2. The molecule has 28 heavy (non-hydrogen) atoms. The maximum atomic E-state index is 13.4. The van der Waals surface area contributed by atoms with Crippen molar-refractivity contribution >= 4 is 53.2 Å². The van der Waals surface area contributed by atoms with E-state index in [9.17, 15) is 22.8 Å². The summed E-state index contributed by atoms with van der Waals surface area (Å²) in [6.07, 6.45) is -4.15. The molecule has 0 atom stereocenters. The van der Waals surface area contributed by atoms with Crippen molar-refractivity contribution in [2.45, 2.75) is 12.6 Å². The molecular weight excluding hydrogens is 490 g/mol. The second-order valence-electron chi connectivity index (χ2n) is 6.84. The molecule has 0 unspecified atom stereocenters. The van der Waals surface area contributed by atoms with Gasteiger partial charge in [-0.15, -0.1) is 0 Å². The van der Waals surface area contributed by atoms with Crippen LogP contribution in [-0.4, -0.2) is 32.6 Å². The molecular formula is C20H11F3InNO2S. The van der Waals surface area contributed by atoms with Gasteiger partial charge in [0.2, 0.25) is 0 Å². The molecule has 0 aromatic heterocycles. The van der Waals surface area contributed by atoms with Crippen LogP contribution >= 0.6 is 11.8 Å². The zero-order valence-electron chi connectivity index (χ0n) is 14.3. The number of imide groups is 1. The average molecular weight is 501 g/mol. The molecule has 3 nitrogen and oxygen atoms in total. The molecule has 2 bridgehead atoms. The van der Waals surface area contributed by atoms with Crippen LogP contribution in [0.5, 0.6) is 0 Å². The normalized spacial score (nSPS) is 20.5. The van der Waals surface area contributed by atoms with Gasteiger partial charge in [-0.05, 0) is 0 Å². The quantitative estimate of drug-likeness (QED) is 0.639. The molecule has 8 heteroatoms. The van der Waals surface area contributed by atoms with Gasteiger partial charge in [-0.25, -0.2) is 0 Å². The number of carbonyl (C=O) groups is 2. The Kier molecular flexibility index (Phi) is 4.07. The van der Waals surface area contributed by atoms with Gasteiger partial charge in [-0.1, -0.05) is 0 Å². The van der Waals surface area contributed by atoms with Crippen molar-refractivity contribution in [3.8, 4) is 0 Å². The van der Waals surface area contributed by atoms with E-state index in [0.29, 0.717) is 4.91 Å². The molecule has 4 aliphatic heterocycles. The molecule has 2 amide bonds. The number of halogens is 3. The maximum absolute atomic E-state index is 13.4. The summed E-state index contributed by atoms with van der Waals surface area (Å²) in [5.74, 6) is -0.383. The number of allylic oxidation sites excluding steroid dienone is 3. The summed E-state index contributed by atoms with van der Waals surface area (Å²) >= 11 is -1.90. The first-order valence-electron chi connectivity index (χ1n) is 8.61. The second-order valence-corrected chi connectivity index (χ2v) is 15.7. The number of thioether (sulfide) groups is 1.